The van der Waals surface area contributed by atoms with Crippen molar-refractivity contribution >= 4 is 11.5 Å². The van der Waals surface area contributed by atoms with Crippen LogP contribution in [-0.4, -0.2) is 5.78 Å². The molecule has 88 valence electrons. The van der Waals surface area contributed by atoms with Gasteiger partial charge in [0.2, 0.25) is 0 Å². The highest BCUT2D eigenvalue weighted by molar-refractivity contribution is 5.96. The van der Waals surface area contributed by atoms with E-state index >= 15 is 0 Å². The lowest BCUT2D eigenvalue weighted by atomic mass is 10.00. The number of rotatable bonds is 5. The second kappa shape index (κ2) is 5.69. The van der Waals surface area contributed by atoms with E-state index in [1.165, 1.54) is 0 Å². The molecular formula is C14H21NO. The van der Waals surface area contributed by atoms with Crippen LogP contribution in [0.15, 0.2) is 18.2 Å². The number of anilines is 1. The van der Waals surface area contributed by atoms with Crippen molar-refractivity contribution in [2.24, 2.45) is 5.92 Å². The minimum atomic E-state index is 0.226. The number of hydrogen-bond acceptors (Lipinski definition) is 2. The van der Waals surface area contributed by atoms with E-state index in [0.717, 1.165) is 29.7 Å². The summed E-state index contributed by atoms with van der Waals surface area (Å²) < 4.78 is 0. The Morgan fingerprint density at radius 2 is 2.06 bits per heavy atom. The predicted octanol–water partition coefficient (Wildman–Crippen LogP) is 3.59. The number of carbonyl (C=O) groups excluding carboxylic acids is 1. The number of Topliss-reactive ketones (excluding diaryl/α,β-unsaturated/α-hetero) is 1. The summed E-state index contributed by atoms with van der Waals surface area (Å²) in [7, 11) is 0. The summed E-state index contributed by atoms with van der Waals surface area (Å²) in [5.74, 6) is 0.893. The number of carbonyl (C=O) groups is 1. The first-order valence-electron chi connectivity index (χ1n) is 5.90. The lowest BCUT2D eigenvalue weighted by Gasteiger charge is -2.06. The first-order valence-corrected chi connectivity index (χ1v) is 5.90. The molecule has 1 rings (SSSR count). The van der Waals surface area contributed by atoms with E-state index in [4.69, 9.17) is 5.73 Å². The van der Waals surface area contributed by atoms with Crippen molar-refractivity contribution in [3.8, 4) is 0 Å². The molecule has 0 aliphatic rings. The Morgan fingerprint density at radius 1 is 1.38 bits per heavy atom. The van der Waals surface area contributed by atoms with Crippen LogP contribution in [-0.2, 0) is 0 Å². The van der Waals surface area contributed by atoms with Gasteiger partial charge in [0, 0.05) is 17.7 Å². The van der Waals surface area contributed by atoms with Crippen LogP contribution in [0.25, 0.3) is 0 Å². The third kappa shape index (κ3) is 3.69. The van der Waals surface area contributed by atoms with Crippen LogP contribution >= 0.6 is 0 Å². The molecule has 1 aromatic rings. The van der Waals surface area contributed by atoms with E-state index in [9.17, 15) is 4.79 Å². The molecule has 0 saturated carbocycles. The SMILES string of the molecule is Cc1cc(C(=O)CCCC(C)C)ccc1N. The smallest absolute Gasteiger partial charge is 0.162 e. The molecule has 0 amide bonds. The molecule has 0 spiro atoms. The van der Waals surface area contributed by atoms with Crippen molar-refractivity contribution in [3.63, 3.8) is 0 Å². The second-order valence-corrected chi connectivity index (χ2v) is 4.78. The highest BCUT2D eigenvalue weighted by Crippen LogP contribution is 2.16. The van der Waals surface area contributed by atoms with E-state index < -0.39 is 0 Å². The summed E-state index contributed by atoms with van der Waals surface area (Å²) in [6.45, 7) is 6.29. The number of benzene rings is 1. The van der Waals surface area contributed by atoms with Crippen LogP contribution in [0.3, 0.4) is 0 Å². The van der Waals surface area contributed by atoms with Gasteiger partial charge in [-0.2, -0.15) is 0 Å². The summed E-state index contributed by atoms with van der Waals surface area (Å²) in [5.41, 5.74) is 8.23. The van der Waals surface area contributed by atoms with E-state index in [0.29, 0.717) is 12.3 Å². The van der Waals surface area contributed by atoms with Gasteiger partial charge in [0.1, 0.15) is 0 Å². The highest BCUT2D eigenvalue weighted by atomic mass is 16.1. The van der Waals surface area contributed by atoms with Crippen molar-refractivity contribution in [1.82, 2.24) is 0 Å². The molecule has 2 N–H and O–H groups in total. The Balaban J connectivity index is 2.56. The van der Waals surface area contributed by atoms with Crippen molar-refractivity contribution in [1.29, 1.82) is 0 Å². The monoisotopic (exact) mass is 219 g/mol. The molecule has 2 nitrogen and oxygen atoms in total. The normalized spacial score (nSPS) is 10.8. The molecule has 0 fully saturated rings. The van der Waals surface area contributed by atoms with Gasteiger partial charge < -0.3 is 5.73 Å². The zero-order valence-corrected chi connectivity index (χ0v) is 10.4. The maximum Gasteiger partial charge on any atom is 0.162 e. The summed E-state index contributed by atoms with van der Waals surface area (Å²) in [5, 5.41) is 0. The third-order valence-electron chi connectivity index (χ3n) is 2.78. The van der Waals surface area contributed by atoms with Gasteiger partial charge in [-0.1, -0.05) is 20.3 Å². The minimum absolute atomic E-state index is 0.226. The van der Waals surface area contributed by atoms with Crippen LogP contribution in [0.5, 0.6) is 0 Å². The zero-order valence-electron chi connectivity index (χ0n) is 10.4. The molecule has 0 aliphatic carbocycles. The van der Waals surface area contributed by atoms with E-state index in [1.54, 1.807) is 0 Å². The maximum absolute atomic E-state index is 11.8. The van der Waals surface area contributed by atoms with Crippen LogP contribution < -0.4 is 5.73 Å². The second-order valence-electron chi connectivity index (χ2n) is 4.78. The van der Waals surface area contributed by atoms with E-state index in [1.807, 2.05) is 25.1 Å². The van der Waals surface area contributed by atoms with Gasteiger partial charge in [-0.25, -0.2) is 0 Å². The van der Waals surface area contributed by atoms with Crippen LogP contribution in [0.1, 0.15) is 49.0 Å². The molecule has 0 radical (unpaired) electrons. The molecule has 0 bridgehead atoms. The summed E-state index contributed by atoms with van der Waals surface area (Å²) >= 11 is 0. The minimum Gasteiger partial charge on any atom is -0.399 e. The zero-order chi connectivity index (χ0) is 12.1. The van der Waals surface area contributed by atoms with Crippen molar-refractivity contribution < 1.29 is 4.79 Å². The van der Waals surface area contributed by atoms with Gasteiger partial charge in [-0.15, -0.1) is 0 Å². The van der Waals surface area contributed by atoms with Crippen molar-refractivity contribution in [2.45, 2.75) is 40.0 Å². The van der Waals surface area contributed by atoms with E-state index in [-0.39, 0.29) is 5.78 Å². The molecule has 2 heteroatoms. The van der Waals surface area contributed by atoms with E-state index in [2.05, 4.69) is 13.8 Å². The number of ketones is 1. The van der Waals surface area contributed by atoms with Crippen LogP contribution in [0, 0.1) is 12.8 Å². The Bertz CT molecular complexity index is 369. The fraction of sp³-hybridized carbons (Fsp3) is 0.500. The van der Waals surface area contributed by atoms with Crippen molar-refractivity contribution in [2.75, 3.05) is 5.73 Å². The average molecular weight is 219 g/mol. The van der Waals surface area contributed by atoms with Crippen LogP contribution in [0.4, 0.5) is 5.69 Å². The lowest BCUT2D eigenvalue weighted by Crippen LogP contribution is -2.01. The van der Waals surface area contributed by atoms with Gasteiger partial charge in [-0.05, 0) is 43.0 Å². The Kier molecular flexibility index (Phi) is 4.53. The summed E-state index contributed by atoms with van der Waals surface area (Å²) in [4.78, 5) is 11.8. The molecule has 0 aromatic heterocycles. The number of aryl methyl sites for hydroxylation is 1. The summed E-state index contributed by atoms with van der Waals surface area (Å²) in [6.07, 6.45) is 2.72. The fourth-order valence-corrected chi connectivity index (χ4v) is 1.66. The van der Waals surface area contributed by atoms with Crippen LogP contribution in [0.2, 0.25) is 0 Å². The highest BCUT2D eigenvalue weighted by Gasteiger charge is 2.07. The van der Waals surface area contributed by atoms with Gasteiger partial charge in [0.15, 0.2) is 5.78 Å². The van der Waals surface area contributed by atoms with Gasteiger partial charge in [0.05, 0.1) is 0 Å². The first-order chi connectivity index (χ1) is 7.50. The average Bonchev–Trinajstić information content (AvgIpc) is 2.21. The van der Waals surface area contributed by atoms with Gasteiger partial charge >= 0.3 is 0 Å². The third-order valence-corrected chi connectivity index (χ3v) is 2.78. The Morgan fingerprint density at radius 3 is 2.62 bits per heavy atom. The largest absolute Gasteiger partial charge is 0.399 e. The first kappa shape index (κ1) is 12.8. The quantitative estimate of drug-likeness (QED) is 0.607. The Hall–Kier alpha value is -1.31. The standard InChI is InChI=1S/C14H21NO/c1-10(2)5-4-6-14(16)12-7-8-13(15)11(3)9-12/h7-10H,4-6,15H2,1-3H3. The molecule has 0 unspecified atom stereocenters. The number of nitrogen functional groups attached to an aromatic ring is 1. The van der Waals surface area contributed by atoms with Crippen molar-refractivity contribution in [3.05, 3.63) is 29.3 Å². The molecule has 0 aliphatic heterocycles. The summed E-state index contributed by atoms with van der Waals surface area (Å²) in [6, 6.07) is 5.51. The molecular weight excluding hydrogens is 198 g/mol. The van der Waals surface area contributed by atoms with Gasteiger partial charge in [-0.3, -0.25) is 4.79 Å². The molecule has 16 heavy (non-hydrogen) atoms. The Labute approximate surface area is 97.9 Å². The molecule has 1 aromatic carbocycles. The topological polar surface area (TPSA) is 43.1 Å². The molecule has 0 atom stereocenters. The predicted molar refractivity (Wildman–Crippen MR) is 68.6 cm³/mol. The lowest BCUT2D eigenvalue weighted by molar-refractivity contribution is 0.0978. The maximum atomic E-state index is 11.8. The number of hydrogen-bond donors (Lipinski definition) is 1. The van der Waals surface area contributed by atoms with Gasteiger partial charge in [0.25, 0.3) is 0 Å². The number of nitrogens with two attached hydrogens (primary N) is 1. The fourth-order valence-electron chi connectivity index (χ4n) is 1.66. The molecule has 0 heterocycles. The molecule has 0 saturated heterocycles.